The van der Waals surface area contributed by atoms with Gasteiger partial charge in [-0.05, 0) is 24.6 Å². The molecule has 8 N–H and O–H groups in total. The third-order valence-corrected chi connectivity index (χ3v) is 2.09. The monoisotopic (exact) mass is 238 g/mol. The molecule has 8 heteroatoms. The van der Waals surface area contributed by atoms with E-state index in [1.807, 2.05) is 10.9 Å². The van der Waals surface area contributed by atoms with E-state index in [0.29, 0.717) is 16.9 Å². The summed E-state index contributed by atoms with van der Waals surface area (Å²) >= 11 is 0. The Morgan fingerprint density at radius 2 is 1.41 bits per heavy atom. The summed E-state index contributed by atoms with van der Waals surface area (Å²) in [5, 5.41) is 5.03. The summed E-state index contributed by atoms with van der Waals surface area (Å²) in [6, 6.07) is 3.93. The molecule has 0 aromatic heterocycles. The van der Waals surface area contributed by atoms with Gasteiger partial charge in [0.25, 0.3) is 0 Å². The Balaban J connectivity index is 2.91. The van der Waals surface area contributed by atoms with E-state index in [-0.39, 0.29) is 0 Å². The highest BCUT2D eigenvalue weighted by atomic mass is 16.2. The molecule has 0 aliphatic heterocycles. The van der Waals surface area contributed by atoms with E-state index < -0.39 is 12.1 Å². The maximum Gasteiger partial charge on any atom is 0.333 e. The van der Waals surface area contributed by atoms with Crippen LogP contribution < -0.4 is 33.2 Å². The molecule has 0 unspecified atom stereocenters. The average molecular weight is 238 g/mol. The van der Waals surface area contributed by atoms with Gasteiger partial charge in [-0.15, -0.1) is 0 Å². The van der Waals surface area contributed by atoms with Gasteiger partial charge in [0.1, 0.15) is 0 Å². The number of carbonyl (C=O) groups excluding carboxylic acids is 2. The van der Waals surface area contributed by atoms with Crippen molar-refractivity contribution in [1.82, 2.24) is 10.9 Å². The standard InChI is InChI=1S/C9H14N6O2/c1-5-6(12-8(16)14-10)3-2-4-7(5)13-9(17)15-11/h2-4H,10-11H2,1H3,(H2,12,14,16)(H2,13,15,17). The average Bonchev–Trinajstić information content (AvgIpc) is 2.33. The van der Waals surface area contributed by atoms with Crippen LogP contribution >= 0.6 is 0 Å². The summed E-state index contributed by atoms with van der Waals surface area (Å²) in [6.07, 6.45) is 0. The second-order valence-corrected chi connectivity index (χ2v) is 3.18. The summed E-state index contributed by atoms with van der Waals surface area (Å²) in [5.74, 6) is 9.90. The molecular formula is C9H14N6O2. The fraction of sp³-hybridized carbons (Fsp3) is 0.111. The molecule has 8 nitrogen and oxygen atoms in total. The Kier molecular flexibility index (Phi) is 4.26. The van der Waals surface area contributed by atoms with E-state index in [1.165, 1.54) is 0 Å². The van der Waals surface area contributed by atoms with Crippen LogP contribution in [0.3, 0.4) is 0 Å². The topological polar surface area (TPSA) is 134 Å². The van der Waals surface area contributed by atoms with Crippen molar-refractivity contribution < 1.29 is 9.59 Å². The van der Waals surface area contributed by atoms with Crippen molar-refractivity contribution in [2.24, 2.45) is 11.7 Å². The van der Waals surface area contributed by atoms with Crippen LogP contribution in [-0.2, 0) is 0 Å². The van der Waals surface area contributed by atoms with Gasteiger partial charge in [0.2, 0.25) is 0 Å². The molecular weight excluding hydrogens is 224 g/mol. The molecule has 0 atom stereocenters. The first-order valence-electron chi connectivity index (χ1n) is 4.73. The number of anilines is 2. The summed E-state index contributed by atoms with van der Waals surface area (Å²) in [5.41, 5.74) is 5.63. The highest BCUT2D eigenvalue weighted by molar-refractivity contribution is 5.94. The number of carbonyl (C=O) groups is 2. The van der Waals surface area contributed by atoms with Crippen molar-refractivity contribution >= 4 is 23.4 Å². The molecule has 1 rings (SSSR count). The SMILES string of the molecule is Cc1c(NC(=O)NN)cccc1NC(=O)NN. The van der Waals surface area contributed by atoms with Gasteiger partial charge in [0, 0.05) is 11.4 Å². The van der Waals surface area contributed by atoms with Crippen LogP contribution in [0.5, 0.6) is 0 Å². The van der Waals surface area contributed by atoms with Crippen LogP contribution in [0.4, 0.5) is 21.0 Å². The largest absolute Gasteiger partial charge is 0.333 e. The number of hydrazine groups is 2. The van der Waals surface area contributed by atoms with Gasteiger partial charge < -0.3 is 10.6 Å². The lowest BCUT2D eigenvalue weighted by molar-refractivity contribution is 0.251. The molecule has 0 heterocycles. The Bertz CT molecular complexity index is 397. The summed E-state index contributed by atoms with van der Waals surface area (Å²) in [7, 11) is 0. The minimum Gasteiger partial charge on any atom is -0.307 e. The number of hydrogen-bond donors (Lipinski definition) is 6. The van der Waals surface area contributed by atoms with E-state index in [1.54, 1.807) is 25.1 Å². The van der Waals surface area contributed by atoms with Crippen LogP contribution in [0.2, 0.25) is 0 Å². The molecule has 0 radical (unpaired) electrons. The molecule has 0 aliphatic carbocycles. The fourth-order valence-corrected chi connectivity index (χ4v) is 1.22. The fourth-order valence-electron chi connectivity index (χ4n) is 1.22. The van der Waals surface area contributed by atoms with E-state index in [2.05, 4.69) is 10.6 Å². The second-order valence-electron chi connectivity index (χ2n) is 3.18. The highest BCUT2D eigenvalue weighted by Crippen LogP contribution is 2.22. The Morgan fingerprint density at radius 3 is 1.76 bits per heavy atom. The maximum absolute atomic E-state index is 11.1. The lowest BCUT2D eigenvalue weighted by Crippen LogP contribution is -2.35. The molecule has 0 aliphatic rings. The van der Waals surface area contributed by atoms with Crippen molar-refractivity contribution in [2.75, 3.05) is 10.6 Å². The number of urea groups is 2. The predicted octanol–water partition coefficient (Wildman–Crippen LogP) is -0.0146. The van der Waals surface area contributed by atoms with Gasteiger partial charge in [-0.3, -0.25) is 10.9 Å². The number of hydrogen-bond acceptors (Lipinski definition) is 4. The molecule has 92 valence electrons. The first-order valence-corrected chi connectivity index (χ1v) is 4.73. The van der Waals surface area contributed by atoms with Gasteiger partial charge in [0.15, 0.2) is 0 Å². The minimum atomic E-state index is -0.548. The molecule has 1 aromatic rings. The molecule has 0 spiro atoms. The van der Waals surface area contributed by atoms with Gasteiger partial charge in [-0.2, -0.15) is 0 Å². The molecule has 4 amide bonds. The third kappa shape index (κ3) is 3.33. The Morgan fingerprint density at radius 1 is 1.00 bits per heavy atom. The Labute approximate surface area is 97.7 Å². The smallest absolute Gasteiger partial charge is 0.307 e. The van der Waals surface area contributed by atoms with Crippen LogP contribution in [-0.4, -0.2) is 12.1 Å². The van der Waals surface area contributed by atoms with E-state index in [0.717, 1.165) is 0 Å². The first-order chi connectivity index (χ1) is 8.08. The third-order valence-electron chi connectivity index (χ3n) is 2.09. The number of amides is 4. The summed E-state index contributed by atoms with van der Waals surface area (Å²) in [4.78, 5) is 22.1. The second kappa shape index (κ2) is 5.68. The van der Waals surface area contributed by atoms with Crippen LogP contribution in [0, 0.1) is 6.92 Å². The lowest BCUT2D eigenvalue weighted by Gasteiger charge is -2.12. The lowest BCUT2D eigenvalue weighted by atomic mass is 10.1. The summed E-state index contributed by atoms with van der Waals surface area (Å²) < 4.78 is 0. The zero-order valence-corrected chi connectivity index (χ0v) is 9.20. The van der Waals surface area contributed by atoms with Crippen LogP contribution in [0.25, 0.3) is 0 Å². The molecule has 0 fully saturated rings. The number of nitrogens with one attached hydrogen (secondary N) is 4. The molecule has 0 saturated heterocycles. The van der Waals surface area contributed by atoms with Crippen LogP contribution in [0.1, 0.15) is 5.56 Å². The molecule has 1 aromatic carbocycles. The molecule has 0 bridgehead atoms. The normalized spacial score (nSPS) is 9.35. The van der Waals surface area contributed by atoms with Crippen molar-refractivity contribution in [1.29, 1.82) is 0 Å². The Hall–Kier alpha value is -2.32. The number of rotatable bonds is 2. The van der Waals surface area contributed by atoms with Crippen molar-refractivity contribution in [3.8, 4) is 0 Å². The van der Waals surface area contributed by atoms with E-state index in [9.17, 15) is 9.59 Å². The quantitative estimate of drug-likeness (QED) is 0.245. The zero-order valence-electron chi connectivity index (χ0n) is 9.20. The first kappa shape index (κ1) is 12.7. The maximum atomic E-state index is 11.1. The molecule has 0 saturated carbocycles. The van der Waals surface area contributed by atoms with Crippen LogP contribution in [0.15, 0.2) is 18.2 Å². The molecule has 17 heavy (non-hydrogen) atoms. The van der Waals surface area contributed by atoms with Gasteiger partial charge >= 0.3 is 12.1 Å². The number of benzene rings is 1. The van der Waals surface area contributed by atoms with Crippen molar-refractivity contribution in [3.63, 3.8) is 0 Å². The van der Waals surface area contributed by atoms with E-state index in [4.69, 9.17) is 11.7 Å². The minimum absolute atomic E-state index is 0.530. The number of nitrogens with two attached hydrogens (primary N) is 2. The van der Waals surface area contributed by atoms with Gasteiger partial charge in [-0.25, -0.2) is 21.3 Å². The predicted molar refractivity (Wildman–Crippen MR) is 63.9 cm³/mol. The summed E-state index contributed by atoms with van der Waals surface area (Å²) in [6.45, 7) is 1.73. The zero-order chi connectivity index (χ0) is 12.8. The van der Waals surface area contributed by atoms with Crippen molar-refractivity contribution in [2.45, 2.75) is 6.92 Å². The van der Waals surface area contributed by atoms with Gasteiger partial charge in [-0.1, -0.05) is 6.07 Å². The highest BCUT2D eigenvalue weighted by Gasteiger charge is 2.08. The van der Waals surface area contributed by atoms with E-state index >= 15 is 0 Å². The van der Waals surface area contributed by atoms with Gasteiger partial charge in [0.05, 0.1) is 0 Å². The van der Waals surface area contributed by atoms with Crippen molar-refractivity contribution in [3.05, 3.63) is 23.8 Å².